The Morgan fingerprint density at radius 1 is 1.77 bits per heavy atom. The van der Waals surface area contributed by atoms with Crippen LogP contribution < -0.4 is 5.32 Å². The van der Waals surface area contributed by atoms with Crippen LogP contribution in [-0.4, -0.2) is 21.7 Å². The van der Waals surface area contributed by atoms with Gasteiger partial charge in [0.1, 0.15) is 6.54 Å². The quantitative estimate of drug-likeness (QED) is 0.730. The lowest BCUT2D eigenvalue weighted by Gasteiger charge is -2.03. The third-order valence-electron chi connectivity index (χ3n) is 2.32. The van der Waals surface area contributed by atoms with Crippen LogP contribution in [0.5, 0.6) is 0 Å². The minimum Gasteiger partial charge on any atom is -0.351 e. The molecule has 0 saturated heterocycles. The summed E-state index contributed by atoms with van der Waals surface area (Å²) >= 11 is 0. The van der Waals surface area contributed by atoms with Crippen LogP contribution in [0.25, 0.3) is 0 Å². The Labute approximate surface area is 76.9 Å². The number of aromatic nitrogens is 2. The second-order valence-electron chi connectivity index (χ2n) is 3.59. The van der Waals surface area contributed by atoms with Gasteiger partial charge in [-0.15, -0.1) is 0 Å². The van der Waals surface area contributed by atoms with Gasteiger partial charge in [-0.1, -0.05) is 6.92 Å². The molecule has 4 nitrogen and oxygen atoms in total. The van der Waals surface area contributed by atoms with Gasteiger partial charge in [0.05, 0.1) is 0 Å². The van der Waals surface area contributed by atoms with Crippen molar-refractivity contribution in [3.05, 3.63) is 18.5 Å². The lowest BCUT2D eigenvalue weighted by molar-refractivity contribution is -0.122. The van der Waals surface area contributed by atoms with Gasteiger partial charge in [0.15, 0.2) is 0 Å². The second kappa shape index (κ2) is 3.20. The zero-order valence-electron chi connectivity index (χ0n) is 7.60. The maximum Gasteiger partial charge on any atom is 0.241 e. The highest BCUT2D eigenvalue weighted by Crippen LogP contribution is 2.28. The summed E-state index contributed by atoms with van der Waals surface area (Å²) in [4.78, 5) is 11.3. The van der Waals surface area contributed by atoms with E-state index < -0.39 is 0 Å². The molecule has 0 aromatic carbocycles. The molecule has 0 aliphatic heterocycles. The first-order chi connectivity index (χ1) is 6.25. The van der Waals surface area contributed by atoms with E-state index in [1.165, 1.54) is 0 Å². The van der Waals surface area contributed by atoms with Gasteiger partial charge in [0.25, 0.3) is 0 Å². The van der Waals surface area contributed by atoms with Gasteiger partial charge in [0, 0.05) is 18.4 Å². The van der Waals surface area contributed by atoms with Gasteiger partial charge in [-0.2, -0.15) is 5.10 Å². The van der Waals surface area contributed by atoms with E-state index in [1.807, 2.05) is 6.07 Å². The summed E-state index contributed by atoms with van der Waals surface area (Å²) in [7, 11) is 0. The average Bonchev–Trinajstić information content (AvgIpc) is 2.61. The van der Waals surface area contributed by atoms with Gasteiger partial charge in [-0.3, -0.25) is 9.48 Å². The van der Waals surface area contributed by atoms with Crippen LogP contribution in [0.3, 0.4) is 0 Å². The van der Waals surface area contributed by atoms with E-state index in [-0.39, 0.29) is 5.91 Å². The largest absolute Gasteiger partial charge is 0.351 e. The Balaban J connectivity index is 1.79. The van der Waals surface area contributed by atoms with Gasteiger partial charge in [0.2, 0.25) is 5.91 Å². The molecule has 1 fully saturated rings. The topological polar surface area (TPSA) is 46.9 Å². The minimum atomic E-state index is 0.0538. The molecule has 2 atom stereocenters. The van der Waals surface area contributed by atoms with Crippen molar-refractivity contribution < 1.29 is 4.79 Å². The van der Waals surface area contributed by atoms with Crippen molar-refractivity contribution in [1.82, 2.24) is 15.1 Å². The summed E-state index contributed by atoms with van der Waals surface area (Å²) in [6.07, 6.45) is 4.58. The van der Waals surface area contributed by atoms with Crippen LogP contribution in [0.4, 0.5) is 0 Å². The highest BCUT2D eigenvalue weighted by atomic mass is 16.2. The summed E-state index contributed by atoms with van der Waals surface area (Å²) < 4.78 is 1.63. The summed E-state index contributed by atoms with van der Waals surface area (Å²) in [6, 6.07) is 2.22. The molecule has 4 heteroatoms. The molecule has 0 spiro atoms. The number of nitrogens with one attached hydrogen (secondary N) is 1. The summed E-state index contributed by atoms with van der Waals surface area (Å²) in [5, 5.41) is 6.90. The highest BCUT2D eigenvalue weighted by molar-refractivity contribution is 5.76. The second-order valence-corrected chi connectivity index (χ2v) is 3.59. The molecule has 1 aromatic heterocycles. The molecule has 1 amide bonds. The average molecular weight is 179 g/mol. The van der Waals surface area contributed by atoms with E-state index >= 15 is 0 Å². The number of hydrogen-bond acceptors (Lipinski definition) is 2. The van der Waals surface area contributed by atoms with Crippen LogP contribution in [0.2, 0.25) is 0 Å². The monoisotopic (exact) mass is 179 g/mol. The zero-order valence-corrected chi connectivity index (χ0v) is 7.60. The van der Waals surface area contributed by atoms with Crippen molar-refractivity contribution in [2.24, 2.45) is 5.92 Å². The molecule has 0 radical (unpaired) electrons. The van der Waals surface area contributed by atoms with Crippen molar-refractivity contribution in [2.75, 3.05) is 0 Å². The fourth-order valence-corrected chi connectivity index (χ4v) is 1.32. The predicted molar refractivity (Wildman–Crippen MR) is 47.9 cm³/mol. The molecule has 1 saturated carbocycles. The Morgan fingerprint density at radius 2 is 2.54 bits per heavy atom. The van der Waals surface area contributed by atoms with Crippen molar-refractivity contribution in [3.8, 4) is 0 Å². The van der Waals surface area contributed by atoms with Crippen LogP contribution in [0.1, 0.15) is 13.3 Å². The molecule has 2 rings (SSSR count). The number of carbonyl (C=O) groups is 1. The van der Waals surface area contributed by atoms with E-state index in [0.29, 0.717) is 18.5 Å². The van der Waals surface area contributed by atoms with Crippen LogP contribution in [0.15, 0.2) is 18.5 Å². The third kappa shape index (κ3) is 2.08. The first kappa shape index (κ1) is 8.29. The first-order valence-electron chi connectivity index (χ1n) is 4.52. The van der Waals surface area contributed by atoms with E-state index in [2.05, 4.69) is 17.3 Å². The van der Waals surface area contributed by atoms with E-state index in [9.17, 15) is 4.79 Å². The van der Waals surface area contributed by atoms with E-state index in [0.717, 1.165) is 6.42 Å². The highest BCUT2D eigenvalue weighted by Gasteiger charge is 2.33. The predicted octanol–water partition coefficient (Wildman–Crippen LogP) is 0.408. The maximum absolute atomic E-state index is 11.3. The normalized spacial score (nSPS) is 25.6. The SMILES string of the molecule is CC1CC1NC(=O)Cn1cccn1. The fraction of sp³-hybridized carbons (Fsp3) is 0.556. The Bertz CT molecular complexity index is 294. The number of amides is 1. The zero-order chi connectivity index (χ0) is 9.26. The standard InChI is InChI=1S/C9H13N3O/c1-7-5-8(7)11-9(13)6-12-4-2-3-10-12/h2-4,7-8H,5-6H2,1H3,(H,11,13). The molecule has 13 heavy (non-hydrogen) atoms. The molecule has 0 bridgehead atoms. The molecular weight excluding hydrogens is 166 g/mol. The number of rotatable bonds is 3. The molecule has 1 N–H and O–H groups in total. The van der Waals surface area contributed by atoms with Crippen molar-refractivity contribution >= 4 is 5.91 Å². The van der Waals surface area contributed by atoms with Crippen molar-refractivity contribution in [3.63, 3.8) is 0 Å². The van der Waals surface area contributed by atoms with Crippen LogP contribution in [0, 0.1) is 5.92 Å². The lowest BCUT2D eigenvalue weighted by atomic mass is 10.4. The Morgan fingerprint density at radius 3 is 3.08 bits per heavy atom. The van der Waals surface area contributed by atoms with Crippen molar-refractivity contribution in [1.29, 1.82) is 0 Å². The maximum atomic E-state index is 11.3. The Hall–Kier alpha value is -1.32. The molecule has 70 valence electrons. The third-order valence-corrected chi connectivity index (χ3v) is 2.32. The summed E-state index contributed by atoms with van der Waals surface area (Å²) in [6.45, 7) is 2.47. The Kier molecular flexibility index (Phi) is 2.04. The number of carbonyl (C=O) groups excluding carboxylic acids is 1. The molecule has 1 aromatic rings. The van der Waals surface area contributed by atoms with Gasteiger partial charge < -0.3 is 5.32 Å². The van der Waals surface area contributed by atoms with Gasteiger partial charge >= 0.3 is 0 Å². The van der Waals surface area contributed by atoms with E-state index in [1.54, 1.807) is 17.1 Å². The van der Waals surface area contributed by atoms with Gasteiger partial charge in [-0.25, -0.2) is 0 Å². The molecular formula is C9H13N3O. The van der Waals surface area contributed by atoms with Gasteiger partial charge in [-0.05, 0) is 18.4 Å². The lowest BCUT2D eigenvalue weighted by Crippen LogP contribution is -2.30. The number of nitrogens with zero attached hydrogens (tertiary/aromatic N) is 2. The molecule has 1 aliphatic carbocycles. The molecule has 1 heterocycles. The van der Waals surface area contributed by atoms with Crippen LogP contribution >= 0.6 is 0 Å². The smallest absolute Gasteiger partial charge is 0.241 e. The molecule has 2 unspecified atom stereocenters. The van der Waals surface area contributed by atoms with E-state index in [4.69, 9.17) is 0 Å². The first-order valence-corrected chi connectivity index (χ1v) is 4.52. The fourth-order valence-electron chi connectivity index (χ4n) is 1.32. The minimum absolute atomic E-state index is 0.0538. The summed E-state index contributed by atoms with van der Waals surface area (Å²) in [5.41, 5.74) is 0. The number of hydrogen-bond donors (Lipinski definition) is 1. The molecule has 1 aliphatic rings. The van der Waals surface area contributed by atoms with Crippen molar-refractivity contribution in [2.45, 2.75) is 25.9 Å². The summed E-state index contributed by atoms with van der Waals surface area (Å²) in [5.74, 6) is 0.708. The van der Waals surface area contributed by atoms with Crippen LogP contribution in [-0.2, 0) is 11.3 Å².